The third-order valence-corrected chi connectivity index (χ3v) is 5.65. The van der Waals surface area contributed by atoms with Crippen LogP contribution in [0, 0.1) is 6.92 Å². The van der Waals surface area contributed by atoms with Gasteiger partial charge in [0, 0.05) is 18.2 Å². The van der Waals surface area contributed by atoms with Crippen molar-refractivity contribution in [3.05, 3.63) is 53.8 Å². The average molecular weight is 363 g/mol. The van der Waals surface area contributed by atoms with Gasteiger partial charge in [0.15, 0.2) is 5.82 Å². The number of aryl methyl sites for hydroxylation is 1. The fraction of sp³-hybridized carbons (Fsp3) is 0.333. The van der Waals surface area contributed by atoms with Gasteiger partial charge < -0.3 is 9.26 Å². The molecule has 2 aliphatic heterocycles. The number of amides is 1. The molecule has 2 aliphatic rings. The molecule has 0 aliphatic carbocycles. The maximum Gasteiger partial charge on any atom is 0.247 e. The second-order valence-corrected chi connectivity index (χ2v) is 7.18. The van der Waals surface area contributed by atoms with E-state index in [1.54, 1.807) is 12.0 Å². The number of benzene rings is 2. The summed E-state index contributed by atoms with van der Waals surface area (Å²) in [4.78, 5) is 17.3. The summed E-state index contributed by atoms with van der Waals surface area (Å²) in [5.74, 6) is 2.12. The highest BCUT2D eigenvalue weighted by atomic mass is 16.5. The topological polar surface area (TPSA) is 58.8 Å². The van der Waals surface area contributed by atoms with Crippen molar-refractivity contribution in [3.63, 3.8) is 0 Å². The van der Waals surface area contributed by atoms with Crippen molar-refractivity contribution in [2.45, 2.75) is 32.0 Å². The molecule has 27 heavy (non-hydrogen) atoms. The number of anilines is 1. The number of hydrogen-bond donors (Lipinski definition) is 0. The van der Waals surface area contributed by atoms with Crippen LogP contribution in [-0.4, -0.2) is 35.7 Å². The monoisotopic (exact) mass is 363 g/mol. The van der Waals surface area contributed by atoms with E-state index in [-0.39, 0.29) is 18.1 Å². The highest BCUT2D eigenvalue weighted by Gasteiger charge is 2.51. The Kier molecular flexibility index (Phi) is 3.68. The zero-order valence-electron chi connectivity index (χ0n) is 15.4. The van der Waals surface area contributed by atoms with Crippen molar-refractivity contribution in [1.82, 2.24) is 10.1 Å². The average Bonchev–Trinajstić information content (AvgIpc) is 3.38. The van der Waals surface area contributed by atoms with Crippen LogP contribution >= 0.6 is 0 Å². The largest absolute Gasteiger partial charge is 0.496 e. The Balaban J connectivity index is 1.76. The van der Waals surface area contributed by atoms with Crippen LogP contribution in [0.2, 0.25) is 0 Å². The Morgan fingerprint density at radius 2 is 2.07 bits per heavy atom. The summed E-state index contributed by atoms with van der Waals surface area (Å²) < 4.78 is 11.0. The third-order valence-electron chi connectivity index (χ3n) is 5.65. The van der Waals surface area contributed by atoms with Crippen LogP contribution in [0.4, 0.5) is 5.82 Å². The lowest BCUT2D eigenvalue weighted by atomic mass is 10.00. The van der Waals surface area contributed by atoms with Crippen molar-refractivity contribution < 1.29 is 14.1 Å². The first-order chi connectivity index (χ1) is 13.2. The number of carbonyl (C=O) groups is 1. The standard InChI is InChI=1S/C21H21N3O3/c1-13-12-18(22-27-13)24-20(23-11-5-8-16(23)21(24)25)19-15-7-4-3-6-14(15)9-10-17(19)26-2/h3-4,6-7,9-10,12,16,20H,5,8,11H2,1-2H3/t16-,20+/m0/s1. The number of methoxy groups -OCH3 is 1. The molecule has 0 saturated carbocycles. The van der Waals surface area contributed by atoms with Gasteiger partial charge in [0.1, 0.15) is 17.7 Å². The Labute approximate surface area is 157 Å². The first-order valence-corrected chi connectivity index (χ1v) is 9.27. The lowest BCUT2D eigenvalue weighted by molar-refractivity contribution is -0.119. The molecule has 5 rings (SSSR count). The summed E-state index contributed by atoms with van der Waals surface area (Å²) in [6.07, 6.45) is 1.64. The molecule has 2 saturated heterocycles. The lowest BCUT2D eigenvalue weighted by Gasteiger charge is -2.30. The molecule has 0 N–H and O–H groups in total. The van der Waals surface area contributed by atoms with Crippen LogP contribution in [0.25, 0.3) is 10.8 Å². The highest BCUT2D eigenvalue weighted by molar-refractivity contribution is 6.01. The van der Waals surface area contributed by atoms with Gasteiger partial charge in [-0.1, -0.05) is 35.5 Å². The molecule has 2 fully saturated rings. The maximum absolute atomic E-state index is 13.3. The van der Waals surface area contributed by atoms with Crippen molar-refractivity contribution in [2.75, 3.05) is 18.6 Å². The van der Waals surface area contributed by atoms with E-state index in [9.17, 15) is 4.79 Å². The molecule has 6 nitrogen and oxygen atoms in total. The van der Waals surface area contributed by atoms with E-state index >= 15 is 0 Å². The number of nitrogens with zero attached hydrogens (tertiary/aromatic N) is 3. The Morgan fingerprint density at radius 1 is 1.22 bits per heavy atom. The molecule has 1 aromatic heterocycles. The summed E-state index contributed by atoms with van der Waals surface area (Å²) in [5, 5.41) is 6.36. The number of fused-ring (bicyclic) bond motifs is 2. The van der Waals surface area contributed by atoms with E-state index in [2.05, 4.69) is 28.3 Å². The molecule has 6 heteroatoms. The molecule has 3 aromatic rings. The SMILES string of the molecule is COc1ccc2ccccc2c1[C@H]1N(c2cc(C)on2)C(=O)[C@@H]2CCCN21. The summed E-state index contributed by atoms with van der Waals surface area (Å²) in [7, 11) is 1.68. The molecule has 0 spiro atoms. The van der Waals surface area contributed by atoms with Gasteiger partial charge in [-0.15, -0.1) is 0 Å². The molecule has 138 valence electrons. The van der Waals surface area contributed by atoms with E-state index in [0.717, 1.165) is 41.5 Å². The Hall–Kier alpha value is -2.86. The van der Waals surface area contributed by atoms with Gasteiger partial charge in [-0.25, -0.2) is 0 Å². The summed E-state index contributed by atoms with van der Waals surface area (Å²) in [6, 6.07) is 14.0. The molecule has 2 atom stereocenters. The van der Waals surface area contributed by atoms with Crippen LogP contribution in [0.15, 0.2) is 47.0 Å². The molecule has 2 aromatic carbocycles. The lowest BCUT2D eigenvalue weighted by Crippen LogP contribution is -2.33. The molecular formula is C21H21N3O3. The van der Waals surface area contributed by atoms with E-state index in [1.165, 1.54) is 0 Å². The Morgan fingerprint density at radius 3 is 2.85 bits per heavy atom. The molecule has 1 amide bonds. The highest BCUT2D eigenvalue weighted by Crippen LogP contribution is 2.46. The first kappa shape index (κ1) is 16.3. The van der Waals surface area contributed by atoms with E-state index < -0.39 is 0 Å². The minimum atomic E-state index is -0.254. The smallest absolute Gasteiger partial charge is 0.247 e. The number of aromatic nitrogens is 1. The normalized spacial score (nSPS) is 22.6. The van der Waals surface area contributed by atoms with Gasteiger partial charge in [0.2, 0.25) is 5.91 Å². The van der Waals surface area contributed by atoms with Crippen molar-refractivity contribution in [3.8, 4) is 5.75 Å². The summed E-state index contributed by atoms with van der Waals surface area (Å²) >= 11 is 0. The van der Waals surface area contributed by atoms with Crippen LogP contribution in [0.1, 0.15) is 30.3 Å². The fourth-order valence-electron chi connectivity index (χ4n) is 4.50. The number of ether oxygens (including phenoxy) is 1. The first-order valence-electron chi connectivity index (χ1n) is 9.27. The zero-order chi connectivity index (χ0) is 18.5. The summed E-state index contributed by atoms with van der Waals surface area (Å²) in [6.45, 7) is 2.71. The predicted molar refractivity (Wildman–Crippen MR) is 102 cm³/mol. The second kappa shape index (κ2) is 6.09. The predicted octanol–water partition coefficient (Wildman–Crippen LogP) is 3.65. The van der Waals surface area contributed by atoms with Gasteiger partial charge in [0.05, 0.1) is 13.2 Å². The fourth-order valence-corrected chi connectivity index (χ4v) is 4.50. The van der Waals surface area contributed by atoms with E-state index in [1.807, 2.05) is 31.2 Å². The Bertz CT molecular complexity index is 1030. The van der Waals surface area contributed by atoms with Crippen molar-refractivity contribution >= 4 is 22.5 Å². The minimum absolute atomic E-state index is 0.0841. The third kappa shape index (κ3) is 2.36. The number of carbonyl (C=O) groups excluding carboxylic acids is 1. The van der Waals surface area contributed by atoms with Crippen LogP contribution < -0.4 is 9.64 Å². The van der Waals surface area contributed by atoms with Crippen molar-refractivity contribution in [1.29, 1.82) is 0 Å². The molecule has 3 heterocycles. The van der Waals surface area contributed by atoms with Crippen LogP contribution in [0.5, 0.6) is 5.75 Å². The molecule has 0 unspecified atom stereocenters. The second-order valence-electron chi connectivity index (χ2n) is 7.18. The van der Waals surface area contributed by atoms with Gasteiger partial charge in [-0.05, 0) is 36.6 Å². The molecular weight excluding hydrogens is 342 g/mol. The van der Waals surface area contributed by atoms with Gasteiger partial charge in [0.25, 0.3) is 0 Å². The van der Waals surface area contributed by atoms with Gasteiger partial charge in [-0.2, -0.15) is 0 Å². The zero-order valence-corrected chi connectivity index (χ0v) is 15.4. The number of hydrogen-bond acceptors (Lipinski definition) is 5. The van der Waals surface area contributed by atoms with Crippen molar-refractivity contribution in [2.24, 2.45) is 0 Å². The quantitative estimate of drug-likeness (QED) is 0.711. The molecule has 0 radical (unpaired) electrons. The van der Waals surface area contributed by atoms with Crippen LogP contribution in [-0.2, 0) is 4.79 Å². The van der Waals surface area contributed by atoms with E-state index in [4.69, 9.17) is 9.26 Å². The van der Waals surface area contributed by atoms with Crippen LogP contribution in [0.3, 0.4) is 0 Å². The number of rotatable bonds is 3. The van der Waals surface area contributed by atoms with Gasteiger partial charge in [-0.3, -0.25) is 14.6 Å². The van der Waals surface area contributed by atoms with Gasteiger partial charge >= 0.3 is 0 Å². The molecule has 0 bridgehead atoms. The minimum Gasteiger partial charge on any atom is -0.496 e. The van der Waals surface area contributed by atoms with E-state index in [0.29, 0.717) is 11.6 Å². The summed E-state index contributed by atoms with van der Waals surface area (Å²) in [5.41, 5.74) is 1.01. The maximum atomic E-state index is 13.3.